The standard InChI is InChI=1S/C25H27FN4O3S/c1-16-13-18(26)7-10-20(16)21-11-12-22-23(29-21)25(2,3)15-30(22)24(31)28-14-17-5-8-19(9-6-17)34(32,33)27-4/h5-13,27H,14-15H2,1-4H3,(H,28,31). The van der Waals surface area contributed by atoms with Crippen molar-refractivity contribution in [2.75, 3.05) is 18.5 Å². The van der Waals surface area contributed by atoms with Crippen molar-refractivity contribution in [2.45, 2.75) is 37.6 Å². The molecule has 4 rings (SSSR count). The maximum atomic E-state index is 13.5. The molecule has 0 spiro atoms. The van der Waals surface area contributed by atoms with Gasteiger partial charge >= 0.3 is 6.03 Å². The maximum Gasteiger partial charge on any atom is 0.322 e. The fourth-order valence-corrected chi connectivity index (χ4v) is 4.88. The number of rotatable bonds is 5. The van der Waals surface area contributed by atoms with Crippen molar-refractivity contribution in [2.24, 2.45) is 0 Å². The Morgan fingerprint density at radius 3 is 2.47 bits per heavy atom. The zero-order chi connectivity index (χ0) is 24.7. The Balaban J connectivity index is 1.52. The first-order valence-corrected chi connectivity index (χ1v) is 12.4. The van der Waals surface area contributed by atoms with Crippen molar-refractivity contribution in [1.29, 1.82) is 0 Å². The third kappa shape index (κ3) is 4.53. The highest BCUT2D eigenvalue weighted by molar-refractivity contribution is 7.89. The van der Waals surface area contributed by atoms with Gasteiger partial charge in [0.25, 0.3) is 0 Å². The summed E-state index contributed by atoms with van der Waals surface area (Å²) in [6.07, 6.45) is 0. The van der Waals surface area contributed by atoms with E-state index < -0.39 is 10.0 Å². The number of carbonyl (C=O) groups excluding carboxylic acids is 1. The van der Waals surface area contributed by atoms with Crippen LogP contribution in [0.5, 0.6) is 0 Å². The molecule has 7 nitrogen and oxygen atoms in total. The van der Waals surface area contributed by atoms with Gasteiger partial charge in [-0.25, -0.2) is 27.3 Å². The zero-order valence-corrected chi connectivity index (χ0v) is 20.3. The molecule has 0 radical (unpaired) electrons. The van der Waals surface area contributed by atoms with E-state index in [2.05, 4.69) is 10.0 Å². The van der Waals surface area contributed by atoms with Crippen LogP contribution in [0.25, 0.3) is 11.3 Å². The van der Waals surface area contributed by atoms with Gasteiger partial charge < -0.3 is 5.32 Å². The summed E-state index contributed by atoms with van der Waals surface area (Å²) >= 11 is 0. The Morgan fingerprint density at radius 2 is 1.82 bits per heavy atom. The summed E-state index contributed by atoms with van der Waals surface area (Å²) in [5.74, 6) is -0.288. The second-order valence-electron chi connectivity index (χ2n) is 9.00. The monoisotopic (exact) mass is 482 g/mol. The van der Waals surface area contributed by atoms with Gasteiger partial charge in [-0.05, 0) is 67.6 Å². The minimum atomic E-state index is -3.51. The third-order valence-electron chi connectivity index (χ3n) is 6.01. The lowest BCUT2D eigenvalue weighted by molar-refractivity contribution is 0.245. The summed E-state index contributed by atoms with van der Waals surface area (Å²) in [5, 5.41) is 2.91. The molecule has 2 N–H and O–H groups in total. The second kappa shape index (κ2) is 8.81. The van der Waals surface area contributed by atoms with Crippen LogP contribution in [0.15, 0.2) is 59.5 Å². The number of hydrogen-bond acceptors (Lipinski definition) is 4. The highest BCUT2D eigenvalue weighted by Gasteiger charge is 2.39. The number of nitrogens with one attached hydrogen (secondary N) is 2. The minimum Gasteiger partial charge on any atom is -0.334 e. The first kappa shape index (κ1) is 23.8. The van der Waals surface area contributed by atoms with Crippen molar-refractivity contribution in [3.63, 3.8) is 0 Å². The first-order chi connectivity index (χ1) is 16.0. The molecule has 1 aromatic heterocycles. The molecule has 2 amide bonds. The molecule has 0 fully saturated rings. The van der Waals surface area contributed by atoms with E-state index in [4.69, 9.17) is 4.98 Å². The van der Waals surface area contributed by atoms with Gasteiger partial charge in [-0.15, -0.1) is 0 Å². The van der Waals surface area contributed by atoms with Crippen molar-refractivity contribution in [1.82, 2.24) is 15.0 Å². The van der Waals surface area contributed by atoms with Crippen molar-refractivity contribution in [3.05, 3.63) is 77.2 Å². The molecule has 34 heavy (non-hydrogen) atoms. The average Bonchev–Trinajstić information content (AvgIpc) is 3.08. The lowest BCUT2D eigenvalue weighted by atomic mass is 9.91. The Morgan fingerprint density at radius 1 is 1.12 bits per heavy atom. The lowest BCUT2D eigenvalue weighted by Crippen LogP contribution is -2.41. The highest BCUT2D eigenvalue weighted by Crippen LogP contribution is 2.40. The minimum absolute atomic E-state index is 0.165. The van der Waals surface area contributed by atoms with Crippen LogP contribution in [-0.2, 0) is 22.0 Å². The first-order valence-electron chi connectivity index (χ1n) is 10.9. The fraction of sp³-hybridized carbons (Fsp3) is 0.280. The normalized spacial score (nSPS) is 14.7. The van der Waals surface area contributed by atoms with Gasteiger partial charge in [0.2, 0.25) is 10.0 Å². The van der Waals surface area contributed by atoms with Crippen LogP contribution in [-0.4, -0.2) is 33.0 Å². The van der Waals surface area contributed by atoms with E-state index >= 15 is 0 Å². The summed E-state index contributed by atoms with van der Waals surface area (Å²) < 4.78 is 39.5. The quantitative estimate of drug-likeness (QED) is 0.573. The molecule has 0 aliphatic carbocycles. The number of carbonyl (C=O) groups is 1. The topological polar surface area (TPSA) is 91.4 Å². The van der Waals surface area contributed by atoms with Crippen molar-refractivity contribution < 1.29 is 17.6 Å². The molecule has 0 bridgehead atoms. The Hall–Kier alpha value is -3.30. The van der Waals surface area contributed by atoms with Gasteiger partial charge in [-0.3, -0.25) is 4.90 Å². The van der Waals surface area contributed by atoms with Gasteiger partial charge in [-0.2, -0.15) is 0 Å². The molecule has 2 aromatic carbocycles. The third-order valence-corrected chi connectivity index (χ3v) is 7.45. The summed E-state index contributed by atoms with van der Waals surface area (Å²) in [6, 6.07) is 14.4. The molecular weight excluding hydrogens is 455 g/mol. The average molecular weight is 483 g/mol. The van der Waals surface area contributed by atoms with Crippen LogP contribution in [0.4, 0.5) is 14.9 Å². The SMILES string of the molecule is CNS(=O)(=O)c1ccc(CNC(=O)N2CC(C)(C)c3nc(-c4ccc(F)cc4C)ccc32)cc1. The molecule has 0 unspecified atom stereocenters. The number of fused-ring (bicyclic) bond motifs is 1. The number of hydrogen-bond donors (Lipinski definition) is 2. The number of sulfonamides is 1. The van der Waals surface area contributed by atoms with E-state index in [9.17, 15) is 17.6 Å². The predicted octanol–water partition coefficient (Wildman–Crippen LogP) is 4.11. The van der Waals surface area contributed by atoms with E-state index in [0.29, 0.717) is 6.54 Å². The molecule has 1 aliphatic rings. The number of pyridine rings is 1. The number of aromatic nitrogens is 1. The van der Waals surface area contributed by atoms with Gasteiger partial charge in [0.1, 0.15) is 5.82 Å². The highest BCUT2D eigenvalue weighted by atomic mass is 32.2. The number of amides is 2. The number of benzene rings is 2. The Labute approximate surface area is 199 Å². The van der Waals surface area contributed by atoms with Crippen LogP contribution in [0.2, 0.25) is 0 Å². The molecule has 1 aliphatic heterocycles. The number of anilines is 1. The van der Waals surface area contributed by atoms with Crippen LogP contribution in [0.1, 0.15) is 30.7 Å². The number of nitrogens with zero attached hydrogens (tertiary/aromatic N) is 2. The van der Waals surface area contributed by atoms with E-state index in [-0.39, 0.29) is 28.7 Å². The molecule has 178 valence electrons. The summed E-state index contributed by atoms with van der Waals surface area (Å²) in [4.78, 5) is 19.7. The van der Waals surface area contributed by atoms with E-state index in [1.54, 1.807) is 23.1 Å². The van der Waals surface area contributed by atoms with Gasteiger partial charge in [-0.1, -0.05) is 26.0 Å². The van der Waals surface area contributed by atoms with Crippen molar-refractivity contribution in [3.8, 4) is 11.3 Å². The number of aryl methyl sites for hydroxylation is 1. The van der Waals surface area contributed by atoms with E-state index in [1.807, 2.05) is 32.9 Å². The Kier molecular flexibility index (Phi) is 6.18. The molecule has 2 heterocycles. The van der Waals surface area contributed by atoms with E-state index in [0.717, 1.165) is 33.8 Å². The zero-order valence-electron chi connectivity index (χ0n) is 19.5. The van der Waals surface area contributed by atoms with Gasteiger partial charge in [0.05, 0.1) is 22.0 Å². The largest absolute Gasteiger partial charge is 0.334 e. The molecule has 3 aromatic rings. The Bertz CT molecular complexity index is 1360. The second-order valence-corrected chi connectivity index (χ2v) is 10.9. The molecule has 9 heteroatoms. The molecule has 0 atom stereocenters. The van der Waals surface area contributed by atoms with Crippen molar-refractivity contribution >= 4 is 21.7 Å². The molecule has 0 saturated heterocycles. The predicted molar refractivity (Wildman–Crippen MR) is 130 cm³/mol. The van der Waals surface area contributed by atoms with Crippen LogP contribution < -0.4 is 14.9 Å². The van der Waals surface area contributed by atoms with Gasteiger partial charge in [0.15, 0.2) is 0 Å². The molecular formula is C25H27FN4O3S. The summed E-state index contributed by atoms with van der Waals surface area (Å²) in [7, 11) is -2.15. The smallest absolute Gasteiger partial charge is 0.322 e. The van der Waals surface area contributed by atoms with Crippen LogP contribution >= 0.6 is 0 Å². The number of halogens is 1. The maximum absolute atomic E-state index is 13.5. The van der Waals surface area contributed by atoms with Crippen LogP contribution in [0, 0.1) is 12.7 Å². The lowest BCUT2D eigenvalue weighted by Gasteiger charge is -2.20. The summed E-state index contributed by atoms with van der Waals surface area (Å²) in [6.45, 7) is 6.64. The number of urea groups is 1. The van der Waals surface area contributed by atoms with Crippen LogP contribution in [0.3, 0.4) is 0 Å². The van der Waals surface area contributed by atoms with E-state index in [1.165, 1.54) is 31.3 Å². The fourth-order valence-electron chi connectivity index (χ4n) is 4.15. The summed E-state index contributed by atoms with van der Waals surface area (Å²) in [5.41, 5.74) is 4.36. The molecule has 0 saturated carbocycles. The van der Waals surface area contributed by atoms with Gasteiger partial charge in [0, 0.05) is 24.1 Å².